The Labute approximate surface area is 276 Å². The zero-order valence-corrected chi connectivity index (χ0v) is 28.0. The van der Waals surface area contributed by atoms with E-state index in [9.17, 15) is 0 Å². The number of aryl methyl sites for hydroxylation is 6. The third-order valence-electron chi connectivity index (χ3n) is 8.32. The fourth-order valence-corrected chi connectivity index (χ4v) is 6.21. The van der Waals surface area contributed by atoms with E-state index in [4.69, 9.17) is 0 Å². The van der Waals surface area contributed by atoms with Crippen molar-refractivity contribution in [2.75, 3.05) is 54.0 Å². The fraction of sp³-hybridized carbons (Fsp3) is 0.308. The minimum atomic E-state index is 0.855. The van der Waals surface area contributed by atoms with E-state index in [0.29, 0.717) is 0 Å². The van der Waals surface area contributed by atoms with Gasteiger partial charge in [0.25, 0.3) is 0 Å². The topological polar surface area (TPSA) is 22.7 Å². The summed E-state index contributed by atoms with van der Waals surface area (Å²) in [6.45, 7) is 28.7. The van der Waals surface area contributed by atoms with Crippen LogP contribution in [0.5, 0.6) is 0 Å². The zero-order valence-electron chi connectivity index (χ0n) is 28.0. The third kappa shape index (κ3) is 8.07. The molecule has 0 spiro atoms. The van der Waals surface area contributed by atoms with Gasteiger partial charge in [-0.25, -0.2) is 0 Å². The van der Waals surface area contributed by atoms with Gasteiger partial charge in [-0.05, 0) is 111 Å². The molecule has 7 heteroatoms. The summed E-state index contributed by atoms with van der Waals surface area (Å²) < 4.78 is 0. The van der Waals surface area contributed by atoms with E-state index in [2.05, 4.69) is 188 Å². The standard InChI is InChI=1S/C39H45N7/c1-31-19-32(2)23-37(22-31)44-16-13-41(28-44)10-7-40(8-11-42-14-17-45(29-42)38-24-33(3)20-34(4)25-38)9-12-43-15-18-46(30-43)39-26-35(5)21-36(6)27-39/h13-27H,7-12H2,1-6H3. The van der Waals surface area contributed by atoms with Crippen LogP contribution >= 0.6 is 0 Å². The minimum Gasteiger partial charge on any atom is -0.345 e. The first-order valence-corrected chi connectivity index (χ1v) is 16.2. The van der Waals surface area contributed by atoms with Crippen LogP contribution < -0.4 is 14.7 Å². The Balaban J connectivity index is 1.05. The van der Waals surface area contributed by atoms with Crippen molar-refractivity contribution in [3.05, 3.63) is 145 Å². The van der Waals surface area contributed by atoms with Gasteiger partial charge in [0.1, 0.15) is 0 Å². The third-order valence-corrected chi connectivity index (χ3v) is 8.32. The summed E-state index contributed by atoms with van der Waals surface area (Å²) >= 11 is 0. The molecule has 6 rings (SSSR count). The molecule has 0 aromatic heterocycles. The van der Waals surface area contributed by atoms with Crippen LogP contribution in [0.15, 0.2) is 91.8 Å². The summed E-state index contributed by atoms with van der Waals surface area (Å²) in [5.41, 5.74) is 11.0. The molecule has 3 heterocycles. The summed E-state index contributed by atoms with van der Waals surface area (Å²) in [7, 11) is 0. The summed E-state index contributed by atoms with van der Waals surface area (Å²) in [5, 5.41) is 0. The van der Waals surface area contributed by atoms with Gasteiger partial charge >= 0.3 is 0 Å². The predicted molar refractivity (Wildman–Crippen MR) is 189 cm³/mol. The summed E-state index contributed by atoms with van der Waals surface area (Å²) in [4.78, 5) is 15.3. The van der Waals surface area contributed by atoms with Crippen LogP contribution in [0.2, 0.25) is 0 Å². The molecule has 7 nitrogen and oxygen atoms in total. The zero-order chi connectivity index (χ0) is 32.2. The van der Waals surface area contributed by atoms with Crippen LogP contribution in [0, 0.1) is 61.5 Å². The van der Waals surface area contributed by atoms with Crippen molar-refractivity contribution in [1.82, 2.24) is 19.6 Å². The first-order chi connectivity index (χ1) is 22.2. The highest BCUT2D eigenvalue weighted by Gasteiger charge is 2.22. The smallest absolute Gasteiger partial charge is 0.212 e. The van der Waals surface area contributed by atoms with Gasteiger partial charge in [-0.15, -0.1) is 0 Å². The van der Waals surface area contributed by atoms with Crippen LogP contribution in [0.1, 0.15) is 33.4 Å². The van der Waals surface area contributed by atoms with Crippen molar-refractivity contribution >= 4 is 17.1 Å². The van der Waals surface area contributed by atoms with Crippen molar-refractivity contribution in [3.8, 4) is 0 Å². The fourth-order valence-electron chi connectivity index (χ4n) is 6.21. The molecular weight excluding hydrogens is 566 g/mol. The molecule has 0 amide bonds. The molecule has 236 valence electrons. The average Bonchev–Trinajstić information content (AvgIpc) is 3.77. The van der Waals surface area contributed by atoms with E-state index in [-0.39, 0.29) is 0 Å². The van der Waals surface area contributed by atoms with E-state index in [1.807, 2.05) is 0 Å². The largest absolute Gasteiger partial charge is 0.345 e. The molecular formula is C39H45N7. The number of benzene rings is 3. The van der Waals surface area contributed by atoms with Crippen LogP contribution in [-0.4, -0.2) is 58.9 Å². The average molecular weight is 612 g/mol. The van der Waals surface area contributed by atoms with Gasteiger partial charge in [0.2, 0.25) is 20.0 Å². The molecule has 0 bridgehead atoms. The lowest BCUT2D eigenvalue weighted by Gasteiger charge is -2.29. The maximum absolute atomic E-state index is 3.53. The van der Waals surface area contributed by atoms with Crippen molar-refractivity contribution < 1.29 is 0 Å². The Kier molecular flexibility index (Phi) is 9.59. The molecule has 46 heavy (non-hydrogen) atoms. The van der Waals surface area contributed by atoms with Crippen LogP contribution in [0.25, 0.3) is 0 Å². The molecule has 0 unspecified atom stereocenters. The van der Waals surface area contributed by atoms with Crippen LogP contribution in [0.4, 0.5) is 17.1 Å². The molecule has 0 saturated heterocycles. The highest BCUT2D eigenvalue weighted by atomic mass is 15.4. The van der Waals surface area contributed by atoms with Crippen molar-refractivity contribution in [2.45, 2.75) is 41.5 Å². The number of nitrogens with zero attached hydrogens (tertiary/aromatic N) is 7. The quantitative estimate of drug-likeness (QED) is 0.217. The predicted octanol–water partition coefficient (Wildman–Crippen LogP) is 7.01. The Bertz CT molecular complexity index is 1360. The van der Waals surface area contributed by atoms with Gasteiger partial charge < -0.3 is 29.4 Å². The summed E-state index contributed by atoms with van der Waals surface area (Å²) in [5.74, 6) is 0. The van der Waals surface area contributed by atoms with Gasteiger partial charge in [-0.1, -0.05) is 18.2 Å². The van der Waals surface area contributed by atoms with Crippen LogP contribution in [-0.2, 0) is 0 Å². The lowest BCUT2D eigenvalue weighted by atomic mass is 10.1. The normalized spacial score (nSPS) is 16.0. The molecule has 0 N–H and O–H groups in total. The lowest BCUT2D eigenvalue weighted by Crippen LogP contribution is -2.40. The van der Waals surface area contributed by atoms with Gasteiger partial charge in [0.15, 0.2) is 0 Å². The van der Waals surface area contributed by atoms with E-state index in [1.54, 1.807) is 0 Å². The van der Waals surface area contributed by atoms with Gasteiger partial charge in [0.05, 0.1) is 0 Å². The van der Waals surface area contributed by atoms with Gasteiger partial charge in [-0.3, -0.25) is 4.90 Å². The van der Waals surface area contributed by atoms with E-state index in [1.165, 1.54) is 33.4 Å². The molecule has 3 aliphatic heterocycles. The Hall–Kier alpha value is -4.36. The monoisotopic (exact) mass is 611 g/mol. The summed E-state index contributed by atoms with van der Waals surface area (Å²) in [6.07, 6.45) is 12.7. The van der Waals surface area contributed by atoms with Gasteiger partial charge in [-0.2, -0.15) is 0 Å². The highest BCUT2D eigenvalue weighted by Crippen LogP contribution is 2.27. The first kappa shape index (κ1) is 31.6. The molecule has 6 radical (unpaired) electrons. The number of hydrogen-bond donors (Lipinski definition) is 0. The molecule has 0 saturated carbocycles. The molecule has 0 aliphatic carbocycles. The Morgan fingerprint density at radius 1 is 0.391 bits per heavy atom. The van der Waals surface area contributed by atoms with Crippen molar-refractivity contribution in [1.29, 1.82) is 0 Å². The number of rotatable bonds is 12. The second-order valence-electron chi connectivity index (χ2n) is 12.8. The van der Waals surface area contributed by atoms with E-state index < -0.39 is 0 Å². The number of hydrogen-bond acceptors (Lipinski definition) is 7. The lowest BCUT2D eigenvalue weighted by molar-refractivity contribution is 0.219. The highest BCUT2D eigenvalue weighted by molar-refractivity contribution is 5.57. The minimum absolute atomic E-state index is 0.855. The molecule has 3 aliphatic rings. The second-order valence-corrected chi connectivity index (χ2v) is 12.8. The first-order valence-electron chi connectivity index (χ1n) is 16.2. The maximum Gasteiger partial charge on any atom is 0.212 e. The molecule has 0 atom stereocenters. The Morgan fingerprint density at radius 2 is 0.652 bits per heavy atom. The molecule has 3 aromatic carbocycles. The van der Waals surface area contributed by atoms with E-state index in [0.717, 1.165) is 56.3 Å². The van der Waals surface area contributed by atoms with Crippen LogP contribution in [0.3, 0.4) is 0 Å². The molecule has 3 aromatic rings. The Morgan fingerprint density at radius 3 is 0.913 bits per heavy atom. The second kappa shape index (κ2) is 14.0. The summed E-state index contributed by atoms with van der Waals surface area (Å²) in [6, 6.07) is 19.8. The van der Waals surface area contributed by atoms with Crippen molar-refractivity contribution in [3.63, 3.8) is 0 Å². The SMILES string of the molecule is Cc1cc(C)cc(N2[C]N(CCN(CCN3[C]N(c4cc(C)cc(C)c4)C=C3)CCN3[C]N(c4cc(C)cc(C)c4)C=C3)C=C2)c1. The maximum atomic E-state index is 3.53. The van der Waals surface area contributed by atoms with Crippen molar-refractivity contribution in [2.24, 2.45) is 0 Å². The number of anilines is 3. The van der Waals surface area contributed by atoms with Gasteiger partial charge in [0, 0.05) is 93.5 Å². The molecule has 0 fully saturated rings. The van der Waals surface area contributed by atoms with E-state index >= 15 is 0 Å².